The third-order valence-electron chi connectivity index (χ3n) is 5.08. The summed E-state index contributed by atoms with van der Waals surface area (Å²) in [6.45, 7) is 10.1. The van der Waals surface area contributed by atoms with Crippen LogP contribution in [0.2, 0.25) is 0 Å². The zero-order valence-corrected chi connectivity index (χ0v) is 14.2. The molecule has 4 nitrogen and oxygen atoms in total. The summed E-state index contributed by atoms with van der Waals surface area (Å²) in [7, 11) is 0. The third-order valence-corrected chi connectivity index (χ3v) is 5.08. The quantitative estimate of drug-likeness (QED) is 0.765. The molecule has 0 aromatic rings. The SMILES string of the molecule is CCOC(=O)C1(NC(C)C)CCC(N2CCCC2CC)C1. The van der Waals surface area contributed by atoms with Gasteiger partial charge in [0, 0.05) is 18.1 Å². The van der Waals surface area contributed by atoms with Crippen molar-refractivity contribution >= 4 is 5.97 Å². The lowest BCUT2D eigenvalue weighted by molar-refractivity contribution is -0.151. The average molecular weight is 296 g/mol. The van der Waals surface area contributed by atoms with Gasteiger partial charge in [-0.2, -0.15) is 0 Å². The van der Waals surface area contributed by atoms with E-state index >= 15 is 0 Å². The van der Waals surface area contributed by atoms with Gasteiger partial charge in [-0.05, 0) is 65.8 Å². The molecule has 1 aliphatic carbocycles. The fourth-order valence-corrected chi connectivity index (χ4v) is 4.28. The third kappa shape index (κ3) is 3.59. The molecule has 1 saturated heterocycles. The Hall–Kier alpha value is -0.610. The van der Waals surface area contributed by atoms with Gasteiger partial charge in [0.1, 0.15) is 5.54 Å². The van der Waals surface area contributed by atoms with Gasteiger partial charge in [-0.3, -0.25) is 15.0 Å². The molecule has 0 radical (unpaired) electrons. The molecule has 21 heavy (non-hydrogen) atoms. The number of hydrogen-bond donors (Lipinski definition) is 1. The summed E-state index contributed by atoms with van der Waals surface area (Å²) in [5.74, 6) is -0.0477. The number of hydrogen-bond acceptors (Lipinski definition) is 4. The lowest BCUT2D eigenvalue weighted by atomic mass is 9.95. The second kappa shape index (κ2) is 7.10. The van der Waals surface area contributed by atoms with Crippen LogP contribution < -0.4 is 5.32 Å². The van der Waals surface area contributed by atoms with Crippen LogP contribution in [0.15, 0.2) is 0 Å². The largest absolute Gasteiger partial charge is 0.465 e. The van der Waals surface area contributed by atoms with Gasteiger partial charge in [-0.25, -0.2) is 0 Å². The van der Waals surface area contributed by atoms with E-state index in [1.54, 1.807) is 0 Å². The van der Waals surface area contributed by atoms with Crippen LogP contribution in [0.25, 0.3) is 0 Å². The predicted molar refractivity (Wildman–Crippen MR) is 85.3 cm³/mol. The number of esters is 1. The molecular weight excluding hydrogens is 264 g/mol. The van der Waals surface area contributed by atoms with Crippen LogP contribution >= 0.6 is 0 Å². The van der Waals surface area contributed by atoms with Gasteiger partial charge in [0.15, 0.2) is 0 Å². The zero-order chi connectivity index (χ0) is 15.5. The molecule has 4 heteroatoms. The Kier molecular flexibility index (Phi) is 5.67. The maximum atomic E-state index is 12.5. The standard InChI is InChI=1S/C17H32N2O2/c1-5-14-8-7-11-19(14)15-9-10-17(12-15,18-13(3)4)16(20)21-6-2/h13-15,18H,5-12H2,1-4H3. The molecule has 3 unspecified atom stereocenters. The molecule has 0 amide bonds. The maximum absolute atomic E-state index is 12.5. The van der Waals surface area contributed by atoms with Crippen molar-refractivity contribution in [1.29, 1.82) is 0 Å². The number of likely N-dealkylation sites (tertiary alicyclic amines) is 1. The minimum Gasteiger partial charge on any atom is -0.465 e. The molecule has 0 spiro atoms. The average Bonchev–Trinajstić information content (AvgIpc) is 3.04. The second-order valence-electron chi connectivity index (χ2n) is 6.94. The minimum absolute atomic E-state index is 0.0477. The molecule has 2 aliphatic rings. The van der Waals surface area contributed by atoms with Crippen molar-refractivity contribution in [2.45, 2.75) is 89.9 Å². The number of carbonyl (C=O) groups is 1. The summed E-state index contributed by atoms with van der Waals surface area (Å²) < 4.78 is 5.37. The van der Waals surface area contributed by atoms with E-state index in [1.165, 1.54) is 25.8 Å². The van der Waals surface area contributed by atoms with Crippen molar-refractivity contribution < 1.29 is 9.53 Å². The molecule has 3 atom stereocenters. The molecule has 0 bridgehead atoms. The Morgan fingerprint density at radius 3 is 2.76 bits per heavy atom. The number of ether oxygens (including phenoxy) is 1. The van der Waals surface area contributed by atoms with E-state index in [0.717, 1.165) is 19.3 Å². The van der Waals surface area contributed by atoms with Crippen LogP contribution in [-0.2, 0) is 9.53 Å². The first-order valence-corrected chi connectivity index (χ1v) is 8.73. The highest BCUT2D eigenvalue weighted by Crippen LogP contribution is 2.38. The van der Waals surface area contributed by atoms with E-state index < -0.39 is 5.54 Å². The van der Waals surface area contributed by atoms with Crippen LogP contribution in [0.3, 0.4) is 0 Å². The summed E-state index contributed by atoms with van der Waals surface area (Å²) in [4.78, 5) is 15.2. The number of nitrogens with zero attached hydrogens (tertiary/aromatic N) is 1. The first-order valence-electron chi connectivity index (χ1n) is 8.73. The normalized spacial score (nSPS) is 33.8. The van der Waals surface area contributed by atoms with Crippen LogP contribution in [0, 0.1) is 0 Å². The van der Waals surface area contributed by atoms with E-state index in [2.05, 4.69) is 31.0 Å². The number of nitrogens with one attached hydrogen (secondary N) is 1. The molecule has 1 heterocycles. The molecule has 122 valence electrons. The first-order chi connectivity index (χ1) is 10.0. The molecule has 0 aromatic heterocycles. The summed E-state index contributed by atoms with van der Waals surface area (Å²) in [6, 6.07) is 1.55. The van der Waals surface area contributed by atoms with Gasteiger partial charge in [-0.15, -0.1) is 0 Å². The minimum atomic E-state index is -0.463. The van der Waals surface area contributed by atoms with Gasteiger partial charge in [0.05, 0.1) is 6.61 Å². The van der Waals surface area contributed by atoms with Gasteiger partial charge < -0.3 is 4.74 Å². The van der Waals surface area contributed by atoms with Gasteiger partial charge in [-0.1, -0.05) is 6.92 Å². The van der Waals surface area contributed by atoms with Crippen LogP contribution in [0.4, 0.5) is 0 Å². The molecule has 2 rings (SSSR count). The summed E-state index contributed by atoms with van der Waals surface area (Å²) >= 11 is 0. The number of rotatable bonds is 6. The topological polar surface area (TPSA) is 41.6 Å². The van der Waals surface area contributed by atoms with Crippen molar-refractivity contribution in [1.82, 2.24) is 10.2 Å². The monoisotopic (exact) mass is 296 g/mol. The fraction of sp³-hybridized carbons (Fsp3) is 0.941. The van der Waals surface area contributed by atoms with Gasteiger partial charge in [0.25, 0.3) is 0 Å². The maximum Gasteiger partial charge on any atom is 0.326 e. The molecule has 2 fully saturated rings. The van der Waals surface area contributed by atoms with Crippen molar-refractivity contribution in [2.24, 2.45) is 0 Å². The van der Waals surface area contributed by atoms with Crippen molar-refractivity contribution in [3.8, 4) is 0 Å². The zero-order valence-electron chi connectivity index (χ0n) is 14.2. The molecule has 1 saturated carbocycles. The molecule has 0 aromatic carbocycles. The van der Waals surface area contributed by atoms with Crippen molar-refractivity contribution in [3.05, 3.63) is 0 Å². The highest BCUT2D eigenvalue weighted by Gasteiger charge is 2.49. The Morgan fingerprint density at radius 1 is 1.38 bits per heavy atom. The Labute approximate surface area is 129 Å². The van der Waals surface area contributed by atoms with Gasteiger partial charge in [0.2, 0.25) is 0 Å². The highest BCUT2D eigenvalue weighted by molar-refractivity contribution is 5.81. The molecular formula is C17H32N2O2. The predicted octanol–water partition coefficient (Wildman–Crippen LogP) is 2.71. The van der Waals surface area contributed by atoms with E-state index in [9.17, 15) is 4.79 Å². The molecule has 1 N–H and O–H groups in total. The van der Waals surface area contributed by atoms with Crippen molar-refractivity contribution in [2.75, 3.05) is 13.2 Å². The summed E-state index contributed by atoms with van der Waals surface area (Å²) in [5, 5.41) is 3.52. The van der Waals surface area contributed by atoms with Gasteiger partial charge >= 0.3 is 5.97 Å². The van der Waals surface area contributed by atoms with E-state index in [4.69, 9.17) is 4.74 Å². The van der Waals surface area contributed by atoms with E-state index in [1.807, 2.05) is 6.92 Å². The number of carbonyl (C=O) groups excluding carboxylic acids is 1. The van der Waals surface area contributed by atoms with E-state index in [-0.39, 0.29) is 5.97 Å². The Balaban J connectivity index is 2.08. The summed E-state index contributed by atoms with van der Waals surface area (Å²) in [5.41, 5.74) is -0.463. The van der Waals surface area contributed by atoms with Crippen LogP contribution in [0.5, 0.6) is 0 Å². The van der Waals surface area contributed by atoms with E-state index in [0.29, 0.717) is 24.7 Å². The Morgan fingerprint density at radius 2 is 2.14 bits per heavy atom. The smallest absolute Gasteiger partial charge is 0.326 e. The summed E-state index contributed by atoms with van der Waals surface area (Å²) in [6.07, 6.45) is 6.76. The second-order valence-corrected chi connectivity index (χ2v) is 6.94. The lowest BCUT2D eigenvalue weighted by Gasteiger charge is -2.34. The Bertz CT molecular complexity index is 359. The lowest BCUT2D eigenvalue weighted by Crippen LogP contribution is -2.55. The van der Waals surface area contributed by atoms with Crippen LogP contribution in [-0.4, -0.2) is 47.7 Å². The first kappa shape index (κ1) is 16.8. The van der Waals surface area contributed by atoms with Crippen molar-refractivity contribution in [3.63, 3.8) is 0 Å². The molecule has 1 aliphatic heterocycles. The van der Waals surface area contributed by atoms with Crippen LogP contribution in [0.1, 0.15) is 66.2 Å². The highest BCUT2D eigenvalue weighted by atomic mass is 16.5. The fourth-order valence-electron chi connectivity index (χ4n) is 4.28.